The van der Waals surface area contributed by atoms with Crippen molar-refractivity contribution in [2.24, 2.45) is 57.2 Å². The molecule has 0 amide bonds. The number of carbonyl (C=O) groups is 4. The predicted molar refractivity (Wildman–Crippen MR) is 153 cm³/mol. The van der Waals surface area contributed by atoms with Gasteiger partial charge in [0.2, 0.25) is 0 Å². The minimum Gasteiger partial charge on any atom is -0.465 e. The number of carbonyl (C=O) groups excluding carboxylic acids is 4. The smallest absolute Gasteiger partial charge is 0.302 e. The molecular formula is C34H48O7. The van der Waals surface area contributed by atoms with E-state index in [4.69, 9.17) is 9.47 Å². The molecule has 5 aliphatic carbocycles. The first-order valence-electron chi connectivity index (χ1n) is 15.5. The molecule has 4 saturated carbocycles. The summed E-state index contributed by atoms with van der Waals surface area (Å²) >= 11 is 0. The molecule has 41 heavy (non-hydrogen) atoms. The lowest BCUT2D eigenvalue weighted by molar-refractivity contribution is -0.155. The van der Waals surface area contributed by atoms with Gasteiger partial charge in [-0.2, -0.15) is 0 Å². The summed E-state index contributed by atoms with van der Waals surface area (Å²) in [4.78, 5) is 50.1. The third-order valence-electron chi connectivity index (χ3n) is 13.1. The quantitative estimate of drug-likeness (QED) is 0.315. The Morgan fingerprint density at radius 1 is 1.10 bits per heavy atom. The van der Waals surface area contributed by atoms with Crippen molar-refractivity contribution >= 4 is 23.5 Å². The highest BCUT2D eigenvalue weighted by atomic mass is 16.5. The van der Waals surface area contributed by atoms with Crippen molar-refractivity contribution in [1.82, 2.24) is 0 Å². The Balaban J connectivity index is 1.45. The second-order valence-corrected chi connectivity index (χ2v) is 14.7. The maximum absolute atomic E-state index is 13.9. The van der Waals surface area contributed by atoms with Gasteiger partial charge in [0.1, 0.15) is 12.2 Å². The first-order valence-corrected chi connectivity index (χ1v) is 15.5. The van der Waals surface area contributed by atoms with E-state index >= 15 is 0 Å². The largest absolute Gasteiger partial charge is 0.465 e. The number of ketones is 2. The summed E-state index contributed by atoms with van der Waals surface area (Å²) in [5.41, 5.74) is 0.113. The van der Waals surface area contributed by atoms with Crippen LogP contribution in [0, 0.1) is 57.2 Å². The van der Waals surface area contributed by atoms with Gasteiger partial charge in [0.05, 0.1) is 6.61 Å². The maximum Gasteiger partial charge on any atom is 0.302 e. The number of Topliss-reactive ketones (excluding diaryl/α,β-unsaturated/α-hetero) is 1. The minimum absolute atomic E-state index is 0.0490. The van der Waals surface area contributed by atoms with E-state index in [1.165, 1.54) is 13.8 Å². The van der Waals surface area contributed by atoms with E-state index in [0.717, 1.165) is 32.1 Å². The van der Waals surface area contributed by atoms with Crippen LogP contribution in [0.4, 0.5) is 0 Å². The van der Waals surface area contributed by atoms with Crippen LogP contribution in [-0.2, 0) is 28.7 Å². The molecule has 3 unspecified atom stereocenters. The van der Waals surface area contributed by atoms with Crippen LogP contribution >= 0.6 is 0 Å². The minimum atomic E-state index is -1.40. The van der Waals surface area contributed by atoms with Crippen molar-refractivity contribution in [3.8, 4) is 0 Å². The molecular weight excluding hydrogens is 520 g/mol. The third-order valence-corrected chi connectivity index (χ3v) is 13.1. The topological polar surface area (TPSA) is 107 Å². The normalized spacial score (nSPS) is 44.3. The summed E-state index contributed by atoms with van der Waals surface area (Å²) < 4.78 is 11.1. The van der Waals surface area contributed by atoms with E-state index in [2.05, 4.69) is 33.4 Å². The molecule has 0 aromatic heterocycles. The molecule has 0 aliphatic heterocycles. The van der Waals surface area contributed by atoms with Gasteiger partial charge < -0.3 is 14.6 Å². The van der Waals surface area contributed by atoms with Crippen molar-refractivity contribution in [1.29, 1.82) is 0 Å². The van der Waals surface area contributed by atoms with E-state index in [-0.39, 0.29) is 63.6 Å². The molecule has 5 aliphatic rings. The summed E-state index contributed by atoms with van der Waals surface area (Å²) in [6.45, 7) is 17.2. The zero-order valence-electron chi connectivity index (χ0n) is 25.8. The molecule has 0 saturated heterocycles. The van der Waals surface area contributed by atoms with Crippen LogP contribution in [-0.4, -0.2) is 47.4 Å². The van der Waals surface area contributed by atoms with Gasteiger partial charge in [0.15, 0.2) is 11.6 Å². The number of ether oxygens (including phenoxy) is 2. The van der Waals surface area contributed by atoms with Crippen LogP contribution < -0.4 is 0 Å². The van der Waals surface area contributed by atoms with Gasteiger partial charge in [-0.1, -0.05) is 47.3 Å². The fraction of sp³-hybridized carbons (Fsp3) is 0.765. The Labute approximate surface area is 244 Å². The second kappa shape index (κ2) is 9.89. The van der Waals surface area contributed by atoms with E-state index in [1.807, 2.05) is 13.0 Å². The average Bonchev–Trinajstić information content (AvgIpc) is 3.52. The Morgan fingerprint density at radius 2 is 1.78 bits per heavy atom. The van der Waals surface area contributed by atoms with Crippen molar-refractivity contribution in [3.63, 3.8) is 0 Å². The summed E-state index contributed by atoms with van der Waals surface area (Å²) in [5, 5.41) is 11.1. The lowest BCUT2D eigenvalue weighted by atomic mass is 9.43. The van der Waals surface area contributed by atoms with E-state index in [0.29, 0.717) is 23.8 Å². The first-order chi connectivity index (χ1) is 19.1. The van der Waals surface area contributed by atoms with Crippen LogP contribution in [0.25, 0.3) is 0 Å². The maximum atomic E-state index is 13.9. The van der Waals surface area contributed by atoms with Crippen LogP contribution in [0.15, 0.2) is 24.3 Å². The molecule has 4 fully saturated rings. The highest BCUT2D eigenvalue weighted by molar-refractivity contribution is 5.93. The van der Waals surface area contributed by atoms with Crippen LogP contribution in [0.1, 0.15) is 87.0 Å². The third kappa shape index (κ3) is 4.15. The fourth-order valence-electron chi connectivity index (χ4n) is 10.8. The molecule has 7 heteroatoms. The number of aliphatic hydroxyl groups is 1. The second-order valence-electron chi connectivity index (χ2n) is 14.7. The lowest BCUT2D eigenvalue weighted by Crippen LogP contribution is -2.55. The zero-order valence-corrected chi connectivity index (χ0v) is 25.8. The van der Waals surface area contributed by atoms with E-state index in [9.17, 15) is 24.3 Å². The Kier molecular flexibility index (Phi) is 7.28. The highest BCUT2D eigenvalue weighted by Gasteiger charge is 2.81. The fourth-order valence-corrected chi connectivity index (χ4v) is 10.8. The number of esters is 2. The van der Waals surface area contributed by atoms with E-state index < -0.39 is 24.1 Å². The molecule has 0 aromatic rings. The molecule has 12 atom stereocenters. The summed E-state index contributed by atoms with van der Waals surface area (Å²) in [6.07, 6.45) is 8.07. The van der Waals surface area contributed by atoms with Gasteiger partial charge in [-0.25, -0.2) is 0 Å². The molecule has 0 bridgehead atoms. The standard InChI is InChI=1S/C34H48O7/c1-18(16-40-22(5)35)19(2)29(38)30(39)21(4)28-26(41-23(6)36)15-32(8)27-10-9-24-20(3)25(37)11-12-33(24)17-34(27,33)14-13-31(28,32)7/h11-12,18,20-21,24,26-29,38H,2,9-10,13-17H2,1,3-8H3/t18-,20-,21-,24?,26-,27?,28-,29?,31+,32-,33+,34-/m0/s1. The van der Waals surface area contributed by atoms with E-state index in [1.54, 1.807) is 6.92 Å². The van der Waals surface area contributed by atoms with Crippen molar-refractivity contribution < 1.29 is 33.8 Å². The van der Waals surface area contributed by atoms with Gasteiger partial charge in [0.25, 0.3) is 0 Å². The number of aliphatic hydroxyl groups excluding tert-OH is 1. The molecule has 0 heterocycles. The lowest BCUT2D eigenvalue weighted by Gasteiger charge is -2.60. The van der Waals surface area contributed by atoms with Crippen molar-refractivity contribution in [2.45, 2.75) is 99.2 Å². The molecule has 226 valence electrons. The number of hydrogen-bond acceptors (Lipinski definition) is 7. The molecule has 2 spiro atoms. The molecule has 5 rings (SSSR count). The summed E-state index contributed by atoms with van der Waals surface area (Å²) in [6, 6.07) is 0. The Bertz CT molecular complexity index is 1200. The summed E-state index contributed by atoms with van der Waals surface area (Å²) in [5.74, 6) is -1.20. The predicted octanol–water partition coefficient (Wildman–Crippen LogP) is 5.24. The molecule has 1 N–H and O–H groups in total. The van der Waals surface area contributed by atoms with Gasteiger partial charge in [0, 0.05) is 37.5 Å². The number of fused-ring (bicyclic) bond motifs is 2. The zero-order chi connectivity index (χ0) is 30.3. The average molecular weight is 569 g/mol. The number of allylic oxidation sites excluding steroid dienone is 2. The molecule has 7 nitrogen and oxygen atoms in total. The molecule has 0 radical (unpaired) electrons. The molecule has 0 aromatic carbocycles. The highest BCUT2D eigenvalue weighted by Crippen LogP contribution is 2.87. The van der Waals surface area contributed by atoms with Crippen LogP contribution in [0.3, 0.4) is 0 Å². The Morgan fingerprint density at radius 3 is 2.41 bits per heavy atom. The van der Waals surface area contributed by atoms with Gasteiger partial charge in [-0.05, 0) is 83.7 Å². The summed E-state index contributed by atoms with van der Waals surface area (Å²) in [7, 11) is 0. The van der Waals surface area contributed by atoms with Crippen molar-refractivity contribution in [3.05, 3.63) is 24.3 Å². The Hall–Kier alpha value is -2.28. The monoisotopic (exact) mass is 568 g/mol. The first kappa shape index (κ1) is 30.2. The van der Waals surface area contributed by atoms with Gasteiger partial charge in [-0.15, -0.1) is 0 Å². The number of hydrogen-bond donors (Lipinski definition) is 1. The number of rotatable bonds is 8. The van der Waals surface area contributed by atoms with Crippen LogP contribution in [0.5, 0.6) is 0 Å². The van der Waals surface area contributed by atoms with Gasteiger partial charge in [-0.3, -0.25) is 19.2 Å². The van der Waals surface area contributed by atoms with Crippen molar-refractivity contribution in [2.75, 3.05) is 6.61 Å². The van der Waals surface area contributed by atoms with Gasteiger partial charge >= 0.3 is 11.9 Å². The van der Waals surface area contributed by atoms with Crippen LogP contribution in [0.2, 0.25) is 0 Å². The SMILES string of the molecule is C=C(C(O)C(=O)[C@@H](C)[C@H]1[C@@H](OC(C)=O)C[C@@]2(C)C3CCC4[C@H](C)C(=O)C=C[C@@]45C[C@@]35CC[C@]12C)[C@@H](C)COC(C)=O.